The Bertz CT molecular complexity index is 613. The van der Waals surface area contributed by atoms with Gasteiger partial charge in [0, 0.05) is 30.9 Å². The molecule has 0 atom stereocenters. The van der Waals surface area contributed by atoms with Gasteiger partial charge in [0.25, 0.3) is 0 Å². The maximum atomic E-state index is 13.2. The zero-order valence-electron chi connectivity index (χ0n) is 12.8. The van der Waals surface area contributed by atoms with Crippen LogP contribution in [0.2, 0.25) is 0 Å². The normalized spacial score (nSPS) is 10.5. The van der Waals surface area contributed by atoms with Crippen LogP contribution in [-0.2, 0) is 0 Å². The topological polar surface area (TPSA) is 41.0 Å². The van der Waals surface area contributed by atoms with Crippen LogP contribution in [0.4, 0.5) is 26.1 Å². The molecule has 1 N–H and O–H groups in total. The predicted molar refractivity (Wildman–Crippen MR) is 84.5 cm³/mol. The second kappa shape index (κ2) is 7.68. The number of hydrogen-bond acceptors (Lipinski definition) is 4. The van der Waals surface area contributed by atoms with Gasteiger partial charge in [-0.1, -0.05) is 13.8 Å². The first-order valence-corrected chi connectivity index (χ1v) is 7.43. The van der Waals surface area contributed by atoms with Crippen LogP contribution in [0.25, 0.3) is 0 Å². The Balaban J connectivity index is 2.18. The molecular formula is C16H20F2N4. The number of nitrogens with one attached hydrogen (secondary N) is 1. The minimum atomic E-state index is -0.891. The van der Waals surface area contributed by atoms with Crippen molar-refractivity contribution in [1.82, 2.24) is 9.97 Å². The van der Waals surface area contributed by atoms with E-state index >= 15 is 0 Å². The smallest absolute Gasteiger partial charge is 0.160 e. The highest BCUT2D eigenvalue weighted by Crippen LogP contribution is 2.20. The van der Waals surface area contributed by atoms with Crippen molar-refractivity contribution in [2.75, 3.05) is 23.3 Å². The average Bonchev–Trinajstić information content (AvgIpc) is 2.51. The molecule has 4 nitrogen and oxygen atoms in total. The molecule has 0 fully saturated rings. The first-order chi connectivity index (χ1) is 10.6. The summed E-state index contributed by atoms with van der Waals surface area (Å²) in [5.41, 5.74) is 0.445. The molecule has 0 unspecified atom stereocenters. The molecular weight excluding hydrogens is 286 g/mol. The summed E-state index contributed by atoms with van der Waals surface area (Å²) >= 11 is 0. The van der Waals surface area contributed by atoms with Crippen molar-refractivity contribution in [1.29, 1.82) is 0 Å². The highest BCUT2D eigenvalue weighted by atomic mass is 19.2. The lowest BCUT2D eigenvalue weighted by molar-refractivity contribution is 0.509. The number of aromatic nitrogens is 2. The van der Waals surface area contributed by atoms with Crippen LogP contribution in [-0.4, -0.2) is 23.1 Å². The Morgan fingerprint density at radius 3 is 2.36 bits per heavy atom. The number of anilines is 3. The molecule has 6 heteroatoms. The van der Waals surface area contributed by atoms with Gasteiger partial charge >= 0.3 is 0 Å². The summed E-state index contributed by atoms with van der Waals surface area (Å²) in [5.74, 6) is -0.388. The van der Waals surface area contributed by atoms with E-state index in [1.165, 1.54) is 12.4 Å². The van der Waals surface area contributed by atoms with Crippen LogP contribution >= 0.6 is 0 Å². The molecule has 0 saturated carbocycles. The molecule has 0 radical (unpaired) electrons. The quantitative estimate of drug-likeness (QED) is 0.835. The van der Waals surface area contributed by atoms with Gasteiger partial charge in [-0.3, -0.25) is 0 Å². The molecule has 2 aromatic rings. The van der Waals surface area contributed by atoms with E-state index in [0.29, 0.717) is 11.5 Å². The lowest BCUT2D eigenvalue weighted by Gasteiger charge is -2.22. The zero-order chi connectivity index (χ0) is 15.9. The third-order valence-electron chi connectivity index (χ3n) is 3.16. The summed E-state index contributed by atoms with van der Waals surface area (Å²) in [7, 11) is 0. The summed E-state index contributed by atoms with van der Waals surface area (Å²) in [4.78, 5) is 10.6. The standard InChI is InChI=1S/C16H20F2N4/c1-3-7-22(8-4-2)16-10-15(19-11-20-16)21-12-5-6-13(17)14(18)9-12/h5-6,9-11H,3-4,7-8H2,1-2H3,(H,19,20,21). The molecule has 0 aliphatic heterocycles. The monoisotopic (exact) mass is 306 g/mol. The van der Waals surface area contributed by atoms with E-state index in [9.17, 15) is 8.78 Å². The first kappa shape index (κ1) is 16.1. The van der Waals surface area contributed by atoms with E-state index in [1.807, 2.05) is 6.07 Å². The van der Waals surface area contributed by atoms with Crippen LogP contribution in [0.3, 0.4) is 0 Å². The zero-order valence-corrected chi connectivity index (χ0v) is 12.8. The summed E-state index contributed by atoms with van der Waals surface area (Å²) in [6.45, 7) is 6.06. The summed E-state index contributed by atoms with van der Waals surface area (Å²) in [5, 5.41) is 2.97. The largest absolute Gasteiger partial charge is 0.356 e. The van der Waals surface area contributed by atoms with Crippen molar-refractivity contribution in [2.45, 2.75) is 26.7 Å². The highest BCUT2D eigenvalue weighted by molar-refractivity contribution is 5.59. The minimum Gasteiger partial charge on any atom is -0.356 e. The van der Waals surface area contributed by atoms with Crippen molar-refractivity contribution >= 4 is 17.3 Å². The lowest BCUT2D eigenvalue weighted by Crippen LogP contribution is -2.25. The number of hydrogen-bond donors (Lipinski definition) is 1. The average molecular weight is 306 g/mol. The number of benzene rings is 1. The van der Waals surface area contributed by atoms with Gasteiger partial charge in [-0.15, -0.1) is 0 Å². The minimum absolute atomic E-state index is 0.445. The fourth-order valence-electron chi connectivity index (χ4n) is 2.19. The fourth-order valence-corrected chi connectivity index (χ4v) is 2.19. The molecule has 0 spiro atoms. The van der Waals surface area contributed by atoms with Crippen LogP contribution in [0.1, 0.15) is 26.7 Å². The predicted octanol–water partition coefficient (Wildman–Crippen LogP) is 4.12. The molecule has 0 amide bonds. The molecule has 22 heavy (non-hydrogen) atoms. The van der Waals surface area contributed by atoms with E-state index in [0.717, 1.165) is 43.9 Å². The third kappa shape index (κ3) is 4.13. The van der Waals surface area contributed by atoms with Crippen molar-refractivity contribution in [3.8, 4) is 0 Å². The van der Waals surface area contributed by atoms with Gasteiger partial charge in [-0.05, 0) is 25.0 Å². The van der Waals surface area contributed by atoms with Gasteiger partial charge in [0.1, 0.15) is 18.0 Å². The SMILES string of the molecule is CCCN(CCC)c1cc(Nc2ccc(F)c(F)c2)ncn1. The second-order valence-corrected chi connectivity index (χ2v) is 5.00. The number of halogens is 2. The molecule has 0 aliphatic rings. The maximum Gasteiger partial charge on any atom is 0.160 e. The Morgan fingerprint density at radius 1 is 1.00 bits per heavy atom. The van der Waals surface area contributed by atoms with E-state index < -0.39 is 11.6 Å². The van der Waals surface area contributed by atoms with Crippen LogP contribution in [0.5, 0.6) is 0 Å². The Labute approximate surface area is 129 Å². The Morgan fingerprint density at radius 2 is 1.73 bits per heavy atom. The molecule has 0 aliphatic carbocycles. The lowest BCUT2D eigenvalue weighted by atomic mass is 10.3. The van der Waals surface area contributed by atoms with Gasteiger partial charge < -0.3 is 10.2 Å². The van der Waals surface area contributed by atoms with Gasteiger partial charge in [0.15, 0.2) is 11.6 Å². The molecule has 0 saturated heterocycles. The van der Waals surface area contributed by atoms with Gasteiger partial charge in [0.05, 0.1) is 0 Å². The summed E-state index contributed by atoms with van der Waals surface area (Å²) in [6, 6.07) is 5.47. The fraction of sp³-hybridized carbons (Fsp3) is 0.375. The van der Waals surface area contributed by atoms with Gasteiger partial charge in [0.2, 0.25) is 0 Å². The van der Waals surface area contributed by atoms with Gasteiger partial charge in [-0.25, -0.2) is 18.7 Å². The highest BCUT2D eigenvalue weighted by Gasteiger charge is 2.08. The van der Waals surface area contributed by atoms with E-state index in [4.69, 9.17) is 0 Å². The maximum absolute atomic E-state index is 13.2. The third-order valence-corrected chi connectivity index (χ3v) is 3.16. The van der Waals surface area contributed by atoms with Crippen LogP contribution < -0.4 is 10.2 Å². The van der Waals surface area contributed by atoms with Crippen molar-refractivity contribution in [3.63, 3.8) is 0 Å². The van der Waals surface area contributed by atoms with E-state index in [-0.39, 0.29) is 0 Å². The molecule has 1 heterocycles. The number of rotatable bonds is 7. The molecule has 0 bridgehead atoms. The Kier molecular flexibility index (Phi) is 5.63. The summed E-state index contributed by atoms with van der Waals surface area (Å²) < 4.78 is 26.2. The Hall–Kier alpha value is -2.24. The van der Waals surface area contributed by atoms with Gasteiger partial charge in [-0.2, -0.15) is 0 Å². The number of nitrogens with zero attached hydrogens (tertiary/aromatic N) is 3. The van der Waals surface area contributed by atoms with Crippen molar-refractivity contribution in [3.05, 3.63) is 42.2 Å². The molecule has 1 aromatic heterocycles. The van der Waals surface area contributed by atoms with Crippen LogP contribution in [0, 0.1) is 11.6 Å². The van der Waals surface area contributed by atoms with Crippen molar-refractivity contribution < 1.29 is 8.78 Å². The molecule has 118 valence electrons. The van der Waals surface area contributed by atoms with Crippen molar-refractivity contribution in [2.24, 2.45) is 0 Å². The molecule has 2 rings (SSSR count). The van der Waals surface area contributed by atoms with Crippen LogP contribution in [0.15, 0.2) is 30.6 Å². The second-order valence-electron chi connectivity index (χ2n) is 5.00. The molecule has 1 aromatic carbocycles. The summed E-state index contributed by atoms with van der Waals surface area (Å²) in [6.07, 6.45) is 3.52. The van der Waals surface area contributed by atoms with E-state index in [2.05, 4.69) is 34.0 Å². The van der Waals surface area contributed by atoms with E-state index in [1.54, 1.807) is 0 Å². The first-order valence-electron chi connectivity index (χ1n) is 7.43.